The van der Waals surface area contributed by atoms with Crippen molar-refractivity contribution in [3.8, 4) is 0 Å². The van der Waals surface area contributed by atoms with E-state index in [0.717, 1.165) is 63.0 Å². The van der Waals surface area contributed by atoms with Gasteiger partial charge in [-0.05, 0) is 51.5 Å². The Labute approximate surface area is 143 Å². The van der Waals surface area contributed by atoms with Crippen LogP contribution in [0.1, 0.15) is 43.8 Å². The van der Waals surface area contributed by atoms with E-state index in [2.05, 4.69) is 20.0 Å². The Balaban J connectivity index is 1.41. The highest BCUT2D eigenvalue weighted by molar-refractivity contribution is 5.81. The van der Waals surface area contributed by atoms with Crippen molar-refractivity contribution in [2.45, 2.75) is 44.4 Å². The number of carbonyl (C=O) groups is 1. The van der Waals surface area contributed by atoms with Crippen LogP contribution in [0.3, 0.4) is 0 Å². The van der Waals surface area contributed by atoms with Crippen LogP contribution in [0.4, 0.5) is 0 Å². The first kappa shape index (κ1) is 14.9. The topological polar surface area (TPSA) is 65.1 Å². The molecule has 2 saturated heterocycles. The molecule has 2 saturated carbocycles. The molecule has 0 radical (unpaired) electrons. The van der Waals surface area contributed by atoms with Crippen molar-refractivity contribution in [1.82, 2.24) is 25.0 Å². The minimum absolute atomic E-state index is 0.0324. The molecule has 0 spiro atoms. The van der Waals surface area contributed by atoms with Crippen molar-refractivity contribution in [3.63, 3.8) is 0 Å². The number of H-pyrrole nitrogens is 1. The first-order valence-corrected chi connectivity index (χ1v) is 9.55. The van der Waals surface area contributed by atoms with Gasteiger partial charge in [-0.2, -0.15) is 5.10 Å². The summed E-state index contributed by atoms with van der Waals surface area (Å²) >= 11 is 0. The minimum atomic E-state index is -0.0324. The van der Waals surface area contributed by atoms with Gasteiger partial charge in [0.15, 0.2) is 5.82 Å². The van der Waals surface area contributed by atoms with E-state index in [-0.39, 0.29) is 5.41 Å². The van der Waals surface area contributed by atoms with Gasteiger partial charge < -0.3 is 9.80 Å². The highest BCUT2D eigenvalue weighted by Crippen LogP contribution is 2.46. The number of carbonyl (C=O) groups excluding carboxylic acids is 1. The summed E-state index contributed by atoms with van der Waals surface area (Å²) < 4.78 is 0. The minimum Gasteiger partial charge on any atom is -0.341 e. The lowest BCUT2D eigenvalue weighted by Crippen LogP contribution is -2.50. The van der Waals surface area contributed by atoms with Crippen molar-refractivity contribution in [1.29, 1.82) is 0 Å². The van der Waals surface area contributed by atoms with Gasteiger partial charge in [0.2, 0.25) is 5.91 Å². The Hall–Kier alpha value is -1.43. The van der Waals surface area contributed by atoms with Crippen molar-refractivity contribution in [2.75, 3.05) is 32.7 Å². The Morgan fingerprint density at radius 3 is 2.79 bits per heavy atom. The SMILES string of the molecule is Cc1nc([C@@]23CCN(CC4CC4)C[C@@H]2CN(C(=O)C2CC2)C3)n[nH]1. The summed E-state index contributed by atoms with van der Waals surface area (Å²) in [5, 5.41) is 7.56. The summed E-state index contributed by atoms with van der Waals surface area (Å²) in [6.07, 6.45) is 6.05. The lowest BCUT2D eigenvalue weighted by molar-refractivity contribution is -0.131. The van der Waals surface area contributed by atoms with Crippen LogP contribution in [0, 0.1) is 24.7 Å². The number of nitrogens with zero attached hydrogens (tertiary/aromatic N) is 4. The molecular weight excluding hydrogens is 302 g/mol. The molecule has 5 rings (SSSR count). The lowest BCUT2D eigenvalue weighted by atomic mass is 9.72. The van der Waals surface area contributed by atoms with Crippen LogP contribution in [0.15, 0.2) is 0 Å². The molecule has 1 aromatic rings. The van der Waals surface area contributed by atoms with Crippen molar-refractivity contribution in [3.05, 3.63) is 11.6 Å². The number of aryl methyl sites for hydroxylation is 1. The van der Waals surface area contributed by atoms with Crippen LogP contribution >= 0.6 is 0 Å². The molecule has 130 valence electrons. The second-order valence-electron chi connectivity index (χ2n) is 8.54. The van der Waals surface area contributed by atoms with Crippen molar-refractivity contribution >= 4 is 5.91 Å². The quantitative estimate of drug-likeness (QED) is 0.905. The van der Waals surface area contributed by atoms with Gasteiger partial charge in [-0.15, -0.1) is 0 Å². The molecule has 2 aliphatic carbocycles. The van der Waals surface area contributed by atoms with E-state index < -0.39 is 0 Å². The fourth-order valence-corrected chi connectivity index (χ4v) is 4.77. The van der Waals surface area contributed by atoms with Crippen LogP contribution < -0.4 is 0 Å². The molecule has 24 heavy (non-hydrogen) atoms. The van der Waals surface area contributed by atoms with E-state index in [1.807, 2.05) is 6.92 Å². The predicted molar refractivity (Wildman–Crippen MR) is 89.4 cm³/mol. The summed E-state index contributed by atoms with van der Waals surface area (Å²) in [5.74, 6) is 3.91. The number of aromatic amines is 1. The number of aromatic nitrogens is 3. The Morgan fingerprint density at radius 1 is 1.29 bits per heavy atom. The molecule has 4 fully saturated rings. The first-order chi connectivity index (χ1) is 11.6. The third-order valence-electron chi connectivity index (χ3n) is 6.54. The second-order valence-corrected chi connectivity index (χ2v) is 8.54. The van der Waals surface area contributed by atoms with Crippen LogP contribution in [0.25, 0.3) is 0 Å². The van der Waals surface area contributed by atoms with Crippen molar-refractivity contribution in [2.24, 2.45) is 17.8 Å². The molecular formula is C18H27N5O. The number of hydrogen-bond donors (Lipinski definition) is 1. The Bertz CT molecular complexity index is 650. The maximum absolute atomic E-state index is 12.7. The number of piperidine rings is 1. The molecule has 1 N–H and O–H groups in total. The number of nitrogens with one attached hydrogen (secondary N) is 1. The first-order valence-electron chi connectivity index (χ1n) is 9.55. The average molecular weight is 329 g/mol. The third kappa shape index (κ3) is 2.46. The number of likely N-dealkylation sites (tertiary alicyclic amines) is 2. The molecule has 2 atom stereocenters. The van der Waals surface area contributed by atoms with Crippen LogP contribution in [0.2, 0.25) is 0 Å². The Kier molecular flexibility index (Phi) is 3.27. The van der Waals surface area contributed by atoms with Crippen LogP contribution in [0.5, 0.6) is 0 Å². The molecule has 1 amide bonds. The van der Waals surface area contributed by atoms with E-state index in [9.17, 15) is 4.79 Å². The zero-order valence-corrected chi connectivity index (χ0v) is 14.5. The van der Waals surface area contributed by atoms with E-state index in [1.54, 1.807) is 0 Å². The molecule has 2 aliphatic heterocycles. The standard InChI is InChI=1S/C18H27N5O/c1-12-19-17(21-20-12)18-6-7-22(8-13-2-3-13)9-15(18)10-23(11-18)16(24)14-4-5-14/h13-15H,2-11H2,1H3,(H,19,20,21)/t15-,18-/m1/s1. The zero-order valence-electron chi connectivity index (χ0n) is 14.5. The van der Waals surface area contributed by atoms with Gasteiger partial charge in [0.25, 0.3) is 0 Å². The Morgan fingerprint density at radius 2 is 2.12 bits per heavy atom. The fourth-order valence-electron chi connectivity index (χ4n) is 4.77. The molecule has 0 aromatic carbocycles. The van der Waals surface area contributed by atoms with Crippen LogP contribution in [-0.4, -0.2) is 63.6 Å². The molecule has 1 aromatic heterocycles. The average Bonchev–Trinajstić information content (AvgIpc) is 3.48. The number of amides is 1. The van der Waals surface area contributed by atoms with E-state index in [0.29, 0.717) is 17.7 Å². The molecule has 6 nitrogen and oxygen atoms in total. The summed E-state index contributed by atoms with van der Waals surface area (Å²) in [6.45, 7) is 7.14. The van der Waals surface area contributed by atoms with Gasteiger partial charge in [0, 0.05) is 38.0 Å². The predicted octanol–water partition coefficient (Wildman–Crippen LogP) is 1.34. The van der Waals surface area contributed by atoms with E-state index in [1.165, 1.54) is 19.4 Å². The summed E-state index contributed by atoms with van der Waals surface area (Å²) in [7, 11) is 0. The van der Waals surface area contributed by atoms with Crippen molar-refractivity contribution < 1.29 is 4.79 Å². The fraction of sp³-hybridized carbons (Fsp3) is 0.833. The molecule has 4 aliphatic rings. The normalized spacial score (nSPS) is 33.7. The van der Waals surface area contributed by atoms with Gasteiger partial charge in [-0.3, -0.25) is 9.89 Å². The highest BCUT2D eigenvalue weighted by Gasteiger charge is 2.55. The summed E-state index contributed by atoms with van der Waals surface area (Å²) in [6, 6.07) is 0. The smallest absolute Gasteiger partial charge is 0.225 e. The van der Waals surface area contributed by atoms with Crippen LogP contribution in [-0.2, 0) is 10.2 Å². The zero-order chi connectivity index (χ0) is 16.3. The third-order valence-corrected chi connectivity index (χ3v) is 6.54. The maximum atomic E-state index is 12.7. The largest absolute Gasteiger partial charge is 0.341 e. The highest BCUT2D eigenvalue weighted by atomic mass is 16.2. The summed E-state index contributed by atoms with van der Waals surface area (Å²) in [5.41, 5.74) is -0.0324. The monoisotopic (exact) mass is 329 g/mol. The molecule has 0 bridgehead atoms. The molecule has 3 heterocycles. The van der Waals surface area contributed by atoms with Gasteiger partial charge >= 0.3 is 0 Å². The lowest BCUT2D eigenvalue weighted by Gasteiger charge is -2.41. The number of fused-ring (bicyclic) bond motifs is 1. The molecule has 6 heteroatoms. The summed E-state index contributed by atoms with van der Waals surface area (Å²) in [4.78, 5) is 22.1. The maximum Gasteiger partial charge on any atom is 0.225 e. The van der Waals surface area contributed by atoms with E-state index >= 15 is 0 Å². The van der Waals surface area contributed by atoms with Gasteiger partial charge in [0.1, 0.15) is 5.82 Å². The van der Waals surface area contributed by atoms with Gasteiger partial charge in [-0.1, -0.05) is 0 Å². The van der Waals surface area contributed by atoms with Gasteiger partial charge in [0.05, 0.1) is 5.41 Å². The number of hydrogen-bond acceptors (Lipinski definition) is 4. The van der Waals surface area contributed by atoms with Gasteiger partial charge in [-0.25, -0.2) is 4.98 Å². The molecule has 0 unspecified atom stereocenters. The number of rotatable bonds is 4. The second kappa shape index (κ2) is 5.28. The van der Waals surface area contributed by atoms with E-state index in [4.69, 9.17) is 4.98 Å².